The van der Waals surface area contributed by atoms with Gasteiger partial charge in [0, 0.05) is 19.2 Å². The van der Waals surface area contributed by atoms with Crippen molar-refractivity contribution in [1.82, 2.24) is 4.67 Å². The van der Waals surface area contributed by atoms with Crippen molar-refractivity contribution >= 4 is 14.5 Å². The Morgan fingerprint density at radius 2 is 1.77 bits per heavy atom. The molecule has 0 aromatic rings. The fourth-order valence-electron chi connectivity index (χ4n) is 1.81. The second-order valence-corrected chi connectivity index (χ2v) is 6.54. The highest BCUT2D eigenvalue weighted by molar-refractivity contribution is 7.44. The Balaban J connectivity index is 4.84. The average molecular weight is 334 g/mol. The molecular formula is C14H27N2O5P. The van der Waals surface area contributed by atoms with Crippen LogP contribution < -0.4 is 0 Å². The predicted molar refractivity (Wildman–Crippen MR) is 84.0 cm³/mol. The van der Waals surface area contributed by atoms with Gasteiger partial charge in [0.25, 0.3) is 8.53 Å². The van der Waals surface area contributed by atoms with Gasteiger partial charge >= 0.3 is 5.97 Å². The predicted octanol–water partition coefficient (Wildman–Crippen LogP) is 2.47. The SMILES string of the molecule is COC(=O)[C@@H](CO[P@@](OCCC#N)N(C(C)C)C(C)C)OC. The van der Waals surface area contributed by atoms with Crippen molar-refractivity contribution in [2.75, 3.05) is 27.4 Å². The van der Waals surface area contributed by atoms with Crippen LogP contribution in [-0.2, 0) is 23.3 Å². The molecule has 0 aromatic heterocycles. The lowest BCUT2D eigenvalue weighted by Crippen LogP contribution is -2.35. The third kappa shape index (κ3) is 7.48. The lowest BCUT2D eigenvalue weighted by Gasteiger charge is -2.35. The molecule has 0 radical (unpaired) electrons. The van der Waals surface area contributed by atoms with Gasteiger partial charge in [0.1, 0.15) is 0 Å². The van der Waals surface area contributed by atoms with Crippen LogP contribution in [-0.4, -0.2) is 56.3 Å². The Labute approximate surface area is 134 Å². The minimum absolute atomic E-state index is 0.0391. The van der Waals surface area contributed by atoms with Crippen LogP contribution >= 0.6 is 8.53 Å². The summed E-state index contributed by atoms with van der Waals surface area (Å²) in [4.78, 5) is 11.5. The number of methoxy groups -OCH3 is 2. The summed E-state index contributed by atoms with van der Waals surface area (Å²) in [6, 6.07) is 2.44. The first-order valence-electron chi connectivity index (χ1n) is 7.20. The second kappa shape index (κ2) is 11.8. The summed E-state index contributed by atoms with van der Waals surface area (Å²) in [5, 5.41) is 8.64. The molecule has 0 spiro atoms. The molecule has 0 aliphatic carbocycles. The summed E-state index contributed by atoms with van der Waals surface area (Å²) in [5.74, 6) is -0.491. The van der Waals surface area contributed by atoms with E-state index in [0.717, 1.165) is 0 Å². The van der Waals surface area contributed by atoms with Crippen molar-refractivity contribution in [2.24, 2.45) is 0 Å². The maximum atomic E-state index is 11.5. The van der Waals surface area contributed by atoms with Crippen molar-refractivity contribution < 1.29 is 23.3 Å². The molecule has 0 unspecified atom stereocenters. The van der Waals surface area contributed by atoms with E-state index in [4.69, 9.17) is 19.0 Å². The van der Waals surface area contributed by atoms with Crippen LogP contribution in [0.5, 0.6) is 0 Å². The van der Waals surface area contributed by atoms with Crippen LogP contribution in [0.4, 0.5) is 0 Å². The van der Waals surface area contributed by atoms with Gasteiger partial charge in [0.05, 0.1) is 32.8 Å². The van der Waals surface area contributed by atoms with Gasteiger partial charge < -0.3 is 18.5 Å². The lowest BCUT2D eigenvalue weighted by molar-refractivity contribution is -0.154. The third-order valence-corrected chi connectivity index (χ3v) is 4.82. The van der Waals surface area contributed by atoms with Gasteiger partial charge in [-0.05, 0) is 27.7 Å². The van der Waals surface area contributed by atoms with Crippen molar-refractivity contribution in [3.8, 4) is 6.07 Å². The first-order valence-corrected chi connectivity index (χ1v) is 8.33. The van der Waals surface area contributed by atoms with Crippen LogP contribution in [0, 0.1) is 11.3 Å². The van der Waals surface area contributed by atoms with Gasteiger partial charge in [-0.1, -0.05) is 0 Å². The highest BCUT2D eigenvalue weighted by Crippen LogP contribution is 2.46. The standard InChI is InChI=1S/C14H27N2O5P/c1-11(2)16(12(3)4)22(20-9-7-8-15)21-10-13(18-5)14(17)19-6/h11-13H,7,9-10H2,1-6H3/t13-,22-/m1/s1. The lowest BCUT2D eigenvalue weighted by atomic mass is 10.3. The van der Waals surface area contributed by atoms with E-state index >= 15 is 0 Å². The summed E-state index contributed by atoms with van der Waals surface area (Å²) in [6.07, 6.45) is -0.507. The van der Waals surface area contributed by atoms with Crippen molar-refractivity contribution in [3.05, 3.63) is 0 Å². The summed E-state index contributed by atoms with van der Waals surface area (Å²) in [5.41, 5.74) is 0. The highest BCUT2D eigenvalue weighted by Gasteiger charge is 2.29. The van der Waals surface area contributed by atoms with E-state index in [1.54, 1.807) is 0 Å². The summed E-state index contributed by atoms with van der Waals surface area (Å²) in [6.45, 7) is 8.49. The summed E-state index contributed by atoms with van der Waals surface area (Å²) >= 11 is 0. The zero-order valence-electron chi connectivity index (χ0n) is 14.2. The molecule has 0 saturated heterocycles. The molecule has 7 nitrogen and oxygen atoms in total. The van der Waals surface area contributed by atoms with E-state index in [2.05, 4.69) is 9.41 Å². The number of nitriles is 1. The fraction of sp³-hybridized carbons (Fsp3) is 0.857. The Bertz CT molecular complexity index is 352. The molecular weight excluding hydrogens is 307 g/mol. The number of esters is 1. The van der Waals surface area contributed by atoms with E-state index in [1.165, 1.54) is 14.2 Å². The number of hydrogen-bond donors (Lipinski definition) is 0. The molecule has 0 rings (SSSR count). The molecule has 0 N–H and O–H groups in total. The first kappa shape index (κ1) is 21.2. The number of ether oxygens (including phenoxy) is 2. The van der Waals surface area contributed by atoms with Crippen LogP contribution in [0.15, 0.2) is 0 Å². The monoisotopic (exact) mass is 334 g/mol. The topological polar surface area (TPSA) is 81.0 Å². The largest absolute Gasteiger partial charge is 0.467 e. The molecule has 22 heavy (non-hydrogen) atoms. The van der Waals surface area contributed by atoms with Gasteiger partial charge in [-0.15, -0.1) is 0 Å². The molecule has 0 bridgehead atoms. The normalized spacial score (nSPS) is 14.2. The fourth-order valence-corrected chi connectivity index (χ4v) is 3.41. The molecule has 128 valence electrons. The highest BCUT2D eigenvalue weighted by atomic mass is 31.2. The third-order valence-electron chi connectivity index (χ3n) is 2.75. The first-order chi connectivity index (χ1) is 10.4. The van der Waals surface area contributed by atoms with Crippen molar-refractivity contribution in [2.45, 2.75) is 52.3 Å². The average Bonchev–Trinajstić information content (AvgIpc) is 2.46. The Morgan fingerprint density at radius 1 is 1.18 bits per heavy atom. The number of carbonyl (C=O) groups excluding carboxylic acids is 1. The Kier molecular flexibility index (Phi) is 11.3. The molecule has 0 saturated carbocycles. The van der Waals surface area contributed by atoms with Gasteiger partial charge in [-0.3, -0.25) is 0 Å². The van der Waals surface area contributed by atoms with Gasteiger partial charge in [-0.2, -0.15) is 5.26 Å². The molecule has 0 aromatic carbocycles. The van der Waals surface area contributed by atoms with E-state index in [0.29, 0.717) is 0 Å². The number of carbonyl (C=O) groups is 1. The zero-order chi connectivity index (χ0) is 17.1. The minimum Gasteiger partial charge on any atom is -0.467 e. The number of nitrogens with zero attached hydrogens (tertiary/aromatic N) is 2. The van der Waals surface area contributed by atoms with E-state index in [-0.39, 0.29) is 31.7 Å². The van der Waals surface area contributed by atoms with E-state index in [9.17, 15) is 4.79 Å². The maximum Gasteiger partial charge on any atom is 0.337 e. The molecule has 0 fully saturated rings. The van der Waals surface area contributed by atoms with Crippen LogP contribution in [0.1, 0.15) is 34.1 Å². The Morgan fingerprint density at radius 3 is 2.18 bits per heavy atom. The number of rotatable bonds is 11. The molecule has 0 amide bonds. The van der Waals surface area contributed by atoms with Crippen LogP contribution in [0.3, 0.4) is 0 Å². The quantitative estimate of drug-likeness (QED) is 0.326. The smallest absolute Gasteiger partial charge is 0.337 e. The second-order valence-electron chi connectivity index (χ2n) is 5.09. The van der Waals surface area contributed by atoms with Gasteiger partial charge in [0.2, 0.25) is 0 Å². The minimum atomic E-state index is -1.39. The van der Waals surface area contributed by atoms with Gasteiger partial charge in [0.15, 0.2) is 6.10 Å². The molecule has 2 atom stereocenters. The van der Waals surface area contributed by atoms with Crippen LogP contribution in [0.2, 0.25) is 0 Å². The van der Waals surface area contributed by atoms with Crippen LogP contribution in [0.25, 0.3) is 0 Å². The van der Waals surface area contributed by atoms with Crippen molar-refractivity contribution in [3.63, 3.8) is 0 Å². The van der Waals surface area contributed by atoms with Crippen molar-refractivity contribution in [1.29, 1.82) is 5.26 Å². The molecule has 0 aliphatic heterocycles. The van der Waals surface area contributed by atoms with Gasteiger partial charge in [-0.25, -0.2) is 9.46 Å². The molecule has 0 aliphatic rings. The molecule has 0 heterocycles. The Hall–Kier alpha value is -0.770. The maximum absolute atomic E-state index is 11.5. The zero-order valence-corrected chi connectivity index (χ0v) is 15.1. The summed E-state index contributed by atoms with van der Waals surface area (Å²) in [7, 11) is 1.34. The van der Waals surface area contributed by atoms with E-state index < -0.39 is 20.6 Å². The number of hydrogen-bond acceptors (Lipinski definition) is 7. The van der Waals surface area contributed by atoms with E-state index in [1.807, 2.05) is 33.8 Å². The summed E-state index contributed by atoms with van der Waals surface area (Å²) < 4.78 is 23.3. The molecule has 8 heteroatoms.